The number of nitrogens with zero attached hydrogens (tertiary/aromatic N) is 5. The van der Waals surface area contributed by atoms with E-state index in [-0.39, 0.29) is 116 Å². The van der Waals surface area contributed by atoms with Gasteiger partial charge in [0.05, 0.1) is 55.8 Å². The third-order valence-corrected chi connectivity index (χ3v) is 11.5. The maximum atomic E-state index is 16.9. The molecule has 3 aliphatic rings. The summed E-state index contributed by atoms with van der Waals surface area (Å²) in [6, 6.07) is 15.6. The van der Waals surface area contributed by atoms with Crippen molar-refractivity contribution in [3.05, 3.63) is 95.3 Å². The molecule has 3 N–H and O–H groups in total. The Bertz CT molecular complexity index is 2700. The van der Waals surface area contributed by atoms with Crippen LogP contribution in [0.5, 0.6) is 11.5 Å². The summed E-state index contributed by atoms with van der Waals surface area (Å²) in [5.74, 6) is -2.48. The fourth-order valence-electron chi connectivity index (χ4n) is 8.11. The van der Waals surface area contributed by atoms with Crippen molar-refractivity contribution in [3.8, 4) is 22.6 Å². The molecule has 19 heteroatoms. The Morgan fingerprint density at radius 3 is 2.32 bits per heavy atom. The Labute approximate surface area is 377 Å². The predicted octanol–water partition coefficient (Wildman–Crippen LogP) is 4.72. The first-order chi connectivity index (χ1) is 31.5. The number of hydrogen-bond acceptors (Lipinski definition) is 14. The summed E-state index contributed by atoms with van der Waals surface area (Å²) in [6.45, 7) is 7.16. The molecular formula is C46H45ClFN7O10. The molecule has 8 rings (SSSR count). The number of benzene rings is 4. The molecule has 0 bridgehead atoms. The van der Waals surface area contributed by atoms with E-state index in [1.165, 1.54) is 18.2 Å². The molecule has 2 fully saturated rings. The quantitative estimate of drug-likeness (QED) is 0.0619. The molecule has 5 aromatic rings. The van der Waals surface area contributed by atoms with E-state index >= 15 is 4.39 Å². The van der Waals surface area contributed by atoms with E-state index in [1.54, 1.807) is 29.2 Å². The lowest BCUT2D eigenvalue weighted by Crippen LogP contribution is -2.54. The van der Waals surface area contributed by atoms with Crippen LogP contribution in [0.25, 0.3) is 32.8 Å². The van der Waals surface area contributed by atoms with Crippen LogP contribution in [0.15, 0.2) is 73.3 Å². The van der Waals surface area contributed by atoms with Gasteiger partial charge in [-0.3, -0.25) is 34.2 Å². The minimum Gasteiger partial charge on any atom is -0.508 e. The summed E-state index contributed by atoms with van der Waals surface area (Å²) in [6.07, 6.45) is 1.36. The normalized spacial score (nSPS) is 16.3. The van der Waals surface area contributed by atoms with Crippen LogP contribution in [0.1, 0.15) is 33.6 Å². The van der Waals surface area contributed by atoms with Gasteiger partial charge in [0.1, 0.15) is 35.5 Å². The van der Waals surface area contributed by atoms with E-state index in [4.69, 9.17) is 35.5 Å². The van der Waals surface area contributed by atoms with Crippen molar-refractivity contribution >= 4 is 74.6 Å². The van der Waals surface area contributed by atoms with Gasteiger partial charge in [-0.25, -0.2) is 9.37 Å². The number of phenols is 1. The number of piperazine rings is 1. The third-order valence-electron chi connectivity index (χ3n) is 11.2. The van der Waals surface area contributed by atoms with Crippen molar-refractivity contribution < 1.29 is 52.4 Å². The molecule has 17 nitrogen and oxygen atoms in total. The molecule has 0 spiro atoms. The number of carbonyl (C=O) groups is 5. The lowest BCUT2D eigenvalue weighted by molar-refractivity contribution is -0.136. The van der Waals surface area contributed by atoms with E-state index < -0.39 is 35.5 Å². The lowest BCUT2D eigenvalue weighted by Gasteiger charge is -2.35. The first kappa shape index (κ1) is 44.9. The van der Waals surface area contributed by atoms with Gasteiger partial charge in [0.15, 0.2) is 5.82 Å². The molecule has 0 saturated carbocycles. The van der Waals surface area contributed by atoms with Gasteiger partial charge >= 0.3 is 0 Å². The van der Waals surface area contributed by atoms with Gasteiger partial charge in [-0.1, -0.05) is 48.5 Å². The molecule has 1 unspecified atom stereocenters. The summed E-state index contributed by atoms with van der Waals surface area (Å²) in [5, 5.41) is 17.8. The Morgan fingerprint density at radius 1 is 0.862 bits per heavy atom. The van der Waals surface area contributed by atoms with Gasteiger partial charge in [-0.2, -0.15) is 4.98 Å². The molecule has 0 aliphatic carbocycles. The van der Waals surface area contributed by atoms with Gasteiger partial charge in [-0.15, -0.1) is 0 Å². The van der Waals surface area contributed by atoms with Crippen molar-refractivity contribution in [2.75, 3.05) is 89.2 Å². The second-order valence-corrected chi connectivity index (χ2v) is 15.7. The summed E-state index contributed by atoms with van der Waals surface area (Å²) in [5.41, 5.74) is 0.738. The number of halogens is 2. The number of fused-ring (bicyclic) bond motifs is 3. The molecule has 3 aliphatic heterocycles. The highest BCUT2D eigenvalue weighted by Crippen LogP contribution is 2.42. The summed E-state index contributed by atoms with van der Waals surface area (Å²) in [4.78, 5) is 76.5. The van der Waals surface area contributed by atoms with Gasteiger partial charge < -0.3 is 39.2 Å². The molecule has 338 valence electrons. The van der Waals surface area contributed by atoms with Crippen LogP contribution < -0.4 is 20.3 Å². The number of aromatic nitrogens is 2. The van der Waals surface area contributed by atoms with Crippen LogP contribution in [0.3, 0.4) is 0 Å². The minimum atomic E-state index is -1.07. The Morgan fingerprint density at radius 2 is 1.58 bits per heavy atom. The predicted molar refractivity (Wildman–Crippen MR) is 238 cm³/mol. The molecule has 4 aromatic carbocycles. The van der Waals surface area contributed by atoms with Crippen molar-refractivity contribution in [3.63, 3.8) is 0 Å². The van der Waals surface area contributed by atoms with Gasteiger partial charge in [-0.05, 0) is 59.2 Å². The molecule has 0 radical (unpaired) electrons. The standard InChI is InChI=1S/C46H45ClFN7O10/c1-2-37(58)53-13-15-54(16-14-53)42-32-26-33(47)38(31-25-28(56)24-27-6-3-4-7-29(27)31)40(48)41(32)51-46(52-42)49-12-17-62-18-19-63-20-21-64-22-23-65-35-9-5-8-30-39(35)45(61)55(44(30)60)34-10-11-36(57)50-43(34)59/h2-9,24-26,34,56H,1,10-23H2,(H,49,51,52)(H,50,57,59). The van der Waals surface area contributed by atoms with E-state index in [9.17, 15) is 29.1 Å². The van der Waals surface area contributed by atoms with Crippen LogP contribution in [0.2, 0.25) is 5.02 Å². The molecule has 2 saturated heterocycles. The number of anilines is 2. The number of hydrogen-bond donors (Lipinski definition) is 3. The second-order valence-electron chi connectivity index (χ2n) is 15.3. The maximum absolute atomic E-state index is 16.9. The number of nitrogens with one attached hydrogen (secondary N) is 2. The zero-order valence-corrected chi connectivity index (χ0v) is 35.9. The maximum Gasteiger partial charge on any atom is 0.266 e. The number of rotatable bonds is 18. The van der Waals surface area contributed by atoms with Gasteiger partial charge in [0.2, 0.25) is 23.7 Å². The lowest BCUT2D eigenvalue weighted by atomic mass is 9.96. The number of piperidine rings is 1. The average Bonchev–Trinajstić information content (AvgIpc) is 3.56. The van der Waals surface area contributed by atoms with Crippen molar-refractivity contribution in [1.29, 1.82) is 0 Å². The van der Waals surface area contributed by atoms with Crippen LogP contribution in [0.4, 0.5) is 16.2 Å². The number of imide groups is 2. The monoisotopic (exact) mass is 909 g/mol. The first-order valence-corrected chi connectivity index (χ1v) is 21.4. The molecule has 4 heterocycles. The average molecular weight is 910 g/mol. The molecule has 5 amide bonds. The van der Waals surface area contributed by atoms with E-state index in [2.05, 4.69) is 22.2 Å². The summed E-state index contributed by atoms with van der Waals surface area (Å²) in [7, 11) is 0. The van der Waals surface area contributed by atoms with Crippen LogP contribution in [0, 0.1) is 5.82 Å². The van der Waals surface area contributed by atoms with E-state index in [0.717, 1.165) is 4.90 Å². The minimum absolute atomic E-state index is 0.0246. The number of phenolic OH excluding ortho intramolecular Hbond substituents is 1. The van der Waals surface area contributed by atoms with Crippen LogP contribution in [-0.4, -0.2) is 139 Å². The number of aromatic hydroxyl groups is 1. The van der Waals surface area contributed by atoms with Crippen LogP contribution in [-0.2, 0) is 28.6 Å². The number of carbonyl (C=O) groups excluding carboxylic acids is 5. The largest absolute Gasteiger partial charge is 0.508 e. The number of amides is 5. The zero-order valence-electron chi connectivity index (χ0n) is 35.1. The number of ether oxygens (including phenoxy) is 4. The van der Waals surface area contributed by atoms with Gasteiger partial charge in [0.25, 0.3) is 11.8 Å². The highest BCUT2D eigenvalue weighted by Gasteiger charge is 2.46. The summed E-state index contributed by atoms with van der Waals surface area (Å²) < 4.78 is 39.6. The topological polar surface area (TPSA) is 202 Å². The Balaban J connectivity index is 0.814. The molecular weight excluding hydrogens is 865 g/mol. The first-order valence-electron chi connectivity index (χ1n) is 21.1. The molecule has 1 atom stereocenters. The Hall–Kier alpha value is -6.73. The summed E-state index contributed by atoms with van der Waals surface area (Å²) >= 11 is 6.85. The second kappa shape index (κ2) is 20.0. The zero-order chi connectivity index (χ0) is 45.6. The third kappa shape index (κ3) is 9.56. The Kier molecular flexibility index (Phi) is 13.8. The fraction of sp³-hybridized carbons (Fsp3) is 0.326. The smallest absolute Gasteiger partial charge is 0.266 e. The van der Waals surface area contributed by atoms with E-state index in [0.29, 0.717) is 53.7 Å². The van der Waals surface area contributed by atoms with Crippen molar-refractivity contribution in [1.82, 2.24) is 25.1 Å². The molecule has 1 aromatic heterocycles. The van der Waals surface area contributed by atoms with Crippen LogP contribution >= 0.6 is 11.6 Å². The van der Waals surface area contributed by atoms with Crippen molar-refractivity contribution in [2.45, 2.75) is 18.9 Å². The SMILES string of the molecule is C=CC(=O)N1CCN(c2nc(NCCOCCOCCOCCOc3cccc4c3C(=O)N(C3CCC(=O)NC3=O)C4=O)nc3c(F)c(-c4cc(O)cc5ccccc45)c(Cl)cc23)CC1. The van der Waals surface area contributed by atoms with E-state index in [1.807, 2.05) is 29.2 Å². The van der Waals surface area contributed by atoms with Gasteiger partial charge in [0, 0.05) is 50.1 Å². The fourth-order valence-corrected chi connectivity index (χ4v) is 8.40. The molecule has 65 heavy (non-hydrogen) atoms. The van der Waals surface area contributed by atoms with Crippen molar-refractivity contribution in [2.24, 2.45) is 0 Å². The highest BCUT2D eigenvalue weighted by atomic mass is 35.5. The highest BCUT2D eigenvalue weighted by molar-refractivity contribution is 6.35.